The highest BCUT2D eigenvalue weighted by molar-refractivity contribution is 7.25. The van der Waals surface area contributed by atoms with Crippen molar-refractivity contribution in [1.29, 1.82) is 0 Å². The fourth-order valence-corrected chi connectivity index (χ4v) is 4.45. The second-order valence-electron chi connectivity index (χ2n) is 6.10. The predicted molar refractivity (Wildman–Crippen MR) is 108 cm³/mol. The summed E-state index contributed by atoms with van der Waals surface area (Å²) in [7, 11) is 0. The van der Waals surface area contributed by atoms with Gasteiger partial charge in [-0.3, -0.25) is 4.98 Å². The maximum Gasteiger partial charge on any atom is 0.0386 e. The lowest BCUT2D eigenvalue weighted by Crippen LogP contribution is -1.84. The first-order chi connectivity index (χ1) is 12.4. The van der Waals surface area contributed by atoms with E-state index in [1.54, 1.807) is 0 Å². The first kappa shape index (κ1) is 14.4. The van der Waals surface area contributed by atoms with E-state index in [2.05, 4.69) is 83.8 Å². The van der Waals surface area contributed by atoms with Crippen LogP contribution in [-0.4, -0.2) is 4.98 Å². The third kappa shape index (κ3) is 2.43. The molecule has 0 aliphatic heterocycles. The zero-order valence-electron chi connectivity index (χ0n) is 13.5. The number of hydrogen-bond acceptors (Lipinski definition) is 2. The maximum absolute atomic E-state index is 4.31. The fourth-order valence-electron chi connectivity index (χ4n) is 3.39. The zero-order valence-corrected chi connectivity index (χ0v) is 14.3. The molecule has 0 aliphatic rings. The van der Waals surface area contributed by atoms with Crippen LogP contribution in [0.25, 0.3) is 42.4 Å². The van der Waals surface area contributed by atoms with Crippen molar-refractivity contribution >= 4 is 31.5 Å². The van der Waals surface area contributed by atoms with E-state index in [-0.39, 0.29) is 0 Å². The molecule has 2 aromatic heterocycles. The Bertz CT molecular complexity index is 1190. The number of benzene rings is 3. The van der Waals surface area contributed by atoms with Gasteiger partial charge in [-0.05, 0) is 40.5 Å². The van der Waals surface area contributed by atoms with Gasteiger partial charge >= 0.3 is 0 Å². The molecule has 1 nitrogen and oxygen atoms in total. The van der Waals surface area contributed by atoms with Gasteiger partial charge in [-0.2, -0.15) is 0 Å². The third-order valence-electron chi connectivity index (χ3n) is 4.59. The number of aromatic nitrogens is 1. The molecule has 5 aromatic rings. The van der Waals surface area contributed by atoms with Gasteiger partial charge in [0.25, 0.3) is 0 Å². The van der Waals surface area contributed by atoms with Gasteiger partial charge in [0.05, 0.1) is 0 Å². The molecule has 0 atom stereocenters. The summed E-state index contributed by atoms with van der Waals surface area (Å²) in [5, 5.41) is 2.52. The van der Waals surface area contributed by atoms with Crippen molar-refractivity contribution in [3.63, 3.8) is 0 Å². The normalized spacial score (nSPS) is 11.2. The summed E-state index contributed by atoms with van der Waals surface area (Å²) in [6, 6.07) is 28.1. The molecule has 0 radical (unpaired) electrons. The molecule has 2 heteroatoms. The Balaban J connectivity index is 1.75. The summed E-state index contributed by atoms with van der Waals surface area (Å²) in [6.45, 7) is 0. The second-order valence-corrected chi connectivity index (χ2v) is 7.18. The average molecular weight is 337 g/mol. The summed E-state index contributed by atoms with van der Waals surface area (Å²) >= 11 is 1.83. The molecule has 118 valence electrons. The van der Waals surface area contributed by atoms with Crippen LogP contribution in [0.1, 0.15) is 0 Å². The smallest absolute Gasteiger partial charge is 0.0386 e. The van der Waals surface area contributed by atoms with Gasteiger partial charge in [-0.1, -0.05) is 60.7 Å². The van der Waals surface area contributed by atoms with Crippen molar-refractivity contribution in [3.8, 4) is 22.3 Å². The van der Waals surface area contributed by atoms with Crippen LogP contribution in [0.3, 0.4) is 0 Å². The molecule has 0 aliphatic carbocycles. The lowest BCUT2D eigenvalue weighted by Gasteiger charge is -2.10. The van der Waals surface area contributed by atoms with Gasteiger partial charge < -0.3 is 0 Å². The van der Waals surface area contributed by atoms with Crippen LogP contribution < -0.4 is 0 Å². The maximum atomic E-state index is 4.31. The molecule has 0 saturated carbocycles. The minimum absolute atomic E-state index is 1.24. The van der Waals surface area contributed by atoms with Crippen molar-refractivity contribution in [2.75, 3.05) is 0 Å². The number of thiophene rings is 1. The van der Waals surface area contributed by atoms with E-state index in [9.17, 15) is 0 Å². The molecular weight excluding hydrogens is 322 g/mol. The van der Waals surface area contributed by atoms with E-state index in [0.717, 1.165) is 0 Å². The van der Waals surface area contributed by atoms with E-state index in [1.165, 1.54) is 42.4 Å². The van der Waals surface area contributed by atoms with E-state index >= 15 is 0 Å². The molecule has 25 heavy (non-hydrogen) atoms. The molecule has 3 aromatic carbocycles. The fraction of sp³-hybridized carbons (Fsp3) is 0. The van der Waals surface area contributed by atoms with Gasteiger partial charge in [-0.25, -0.2) is 0 Å². The molecule has 0 unspecified atom stereocenters. The Kier molecular flexibility index (Phi) is 3.36. The Labute approximate surface area is 150 Å². The largest absolute Gasteiger partial charge is 0.264 e. The first-order valence-corrected chi connectivity index (χ1v) is 9.13. The van der Waals surface area contributed by atoms with Crippen molar-refractivity contribution in [2.45, 2.75) is 0 Å². The number of pyridine rings is 1. The molecular formula is C23H15NS. The van der Waals surface area contributed by atoms with Crippen LogP contribution in [0.15, 0.2) is 91.3 Å². The third-order valence-corrected chi connectivity index (χ3v) is 5.75. The van der Waals surface area contributed by atoms with E-state index < -0.39 is 0 Å². The van der Waals surface area contributed by atoms with E-state index in [0.29, 0.717) is 0 Å². The summed E-state index contributed by atoms with van der Waals surface area (Å²) in [4.78, 5) is 4.31. The SMILES string of the molecule is c1ccc(-c2ccccc2-c2ccc3sc4ccncc4c3c2)cc1. The van der Waals surface area contributed by atoms with Crippen LogP contribution >= 0.6 is 11.3 Å². The molecule has 0 N–H and O–H groups in total. The van der Waals surface area contributed by atoms with Gasteiger partial charge in [0, 0.05) is 32.6 Å². The van der Waals surface area contributed by atoms with Crippen LogP contribution in [-0.2, 0) is 0 Å². The minimum atomic E-state index is 1.24. The van der Waals surface area contributed by atoms with Crippen molar-refractivity contribution < 1.29 is 0 Å². The second kappa shape index (κ2) is 5.83. The number of nitrogens with zero attached hydrogens (tertiary/aromatic N) is 1. The quantitative estimate of drug-likeness (QED) is 0.346. The van der Waals surface area contributed by atoms with Gasteiger partial charge in [0.1, 0.15) is 0 Å². The highest BCUT2D eigenvalue weighted by Gasteiger charge is 2.10. The van der Waals surface area contributed by atoms with Crippen LogP contribution in [0.4, 0.5) is 0 Å². The monoisotopic (exact) mass is 337 g/mol. The van der Waals surface area contributed by atoms with Gasteiger partial charge in [0.2, 0.25) is 0 Å². The van der Waals surface area contributed by atoms with Crippen molar-refractivity contribution in [2.24, 2.45) is 0 Å². The van der Waals surface area contributed by atoms with E-state index in [1.807, 2.05) is 23.7 Å². The summed E-state index contributed by atoms with van der Waals surface area (Å²) < 4.78 is 2.60. The first-order valence-electron chi connectivity index (χ1n) is 8.31. The molecule has 0 amide bonds. The Morgan fingerprint density at radius 2 is 1.32 bits per heavy atom. The Morgan fingerprint density at radius 3 is 2.16 bits per heavy atom. The van der Waals surface area contributed by atoms with Crippen molar-refractivity contribution in [1.82, 2.24) is 4.98 Å². The van der Waals surface area contributed by atoms with Crippen LogP contribution in [0, 0.1) is 0 Å². The van der Waals surface area contributed by atoms with Crippen LogP contribution in [0.5, 0.6) is 0 Å². The summed E-state index contributed by atoms with van der Waals surface area (Å²) in [5.41, 5.74) is 5.02. The summed E-state index contributed by atoms with van der Waals surface area (Å²) in [5.74, 6) is 0. The summed E-state index contributed by atoms with van der Waals surface area (Å²) in [6.07, 6.45) is 3.84. The minimum Gasteiger partial charge on any atom is -0.264 e. The molecule has 0 spiro atoms. The Hall–Kier alpha value is -2.97. The number of fused-ring (bicyclic) bond motifs is 3. The highest BCUT2D eigenvalue weighted by Crippen LogP contribution is 2.38. The lowest BCUT2D eigenvalue weighted by molar-refractivity contribution is 1.37. The topological polar surface area (TPSA) is 12.9 Å². The number of rotatable bonds is 2. The van der Waals surface area contributed by atoms with Crippen molar-refractivity contribution in [3.05, 3.63) is 91.3 Å². The highest BCUT2D eigenvalue weighted by atomic mass is 32.1. The Morgan fingerprint density at radius 1 is 0.600 bits per heavy atom. The zero-order chi connectivity index (χ0) is 16.6. The van der Waals surface area contributed by atoms with Crippen LogP contribution in [0.2, 0.25) is 0 Å². The molecule has 0 bridgehead atoms. The van der Waals surface area contributed by atoms with Gasteiger partial charge in [0.15, 0.2) is 0 Å². The molecule has 0 fully saturated rings. The lowest BCUT2D eigenvalue weighted by atomic mass is 9.94. The number of hydrogen-bond donors (Lipinski definition) is 0. The standard InChI is InChI=1S/C23H15NS/c1-2-6-16(7-3-1)18-8-4-5-9-19(18)17-10-11-22-20(14-17)21-15-24-13-12-23(21)25-22/h1-15H. The predicted octanol–water partition coefficient (Wildman–Crippen LogP) is 6.78. The van der Waals surface area contributed by atoms with E-state index in [4.69, 9.17) is 0 Å². The molecule has 0 saturated heterocycles. The average Bonchev–Trinajstić information content (AvgIpc) is 3.06. The molecule has 5 rings (SSSR count). The molecule has 2 heterocycles. The van der Waals surface area contributed by atoms with Gasteiger partial charge in [-0.15, -0.1) is 11.3 Å².